The van der Waals surface area contributed by atoms with Crippen LogP contribution in [0.2, 0.25) is 0 Å². The van der Waals surface area contributed by atoms with Crippen molar-refractivity contribution >= 4 is 6.41 Å². The maximum atomic E-state index is 9.70. The molecule has 1 aliphatic rings. The minimum atomic E-state index is -0.151. The smallest absolute Gasteiger partial charge is 0.207 e. The van der Waals surface area contributed by atoms with Crippen molar-refractivity contribution in [3.63, 3.8) is 0 Å². The Kier molecular flexibility index (Phi) is 14.6. The van der Waals surface area contributed by atoms with Crippen LogP contribution in [0.25, 0.3) is 11.3 Å². The molecule has 1 aromatic carbocycles. The summed E-state index contributed by atoms with van der Waals surface area (Å²) in [6.45, 7) is 5.74. The predicted octanol–water partition coefficient (Wildman–Crippen LogP) is 2.55. The van der Waals surface area contributed by atoms with E-state index in [0.29, 0.717) is 11.7 Å². The Hall–Kier alpha value is -2.84. The quantitative estimate of drug-likeness (QED) is 0.341. The van der Waals surface area contributed by atoms with E-state index in [1.54, 1.807) is 7.05 Å². The maximum absolute atomic E-state index is 9.70. The van der Waals surface area contributed by atoms with Gasteiger partial charge >= 0.3 is 0 Å². The second kappa shape index (κ2) is 16.1. The lowest BCUT2D eigenvalue weighted by molar-refractivity contribution is -0.110. The zero-order valence-electron chi connectivity index (χ0n) is 17.8. The number of hydrazine groups is 1. The number of aliphatic hydroxyl groups is 1. The van der Waals surface area contributed by atoms with Crippen LogP contribution >= 0.6 is 0 Å². The Bertz CT molecular complexity index is 683. The fourth-order valence-corrected chi connectivity index (χ4v) is 2.08. The summed E-state index contributed by atoms with van der Waals surface area (Å²) in [4.78, 5) is 9.70. The molecule has 8 nitrogen and oxygen atoms in total. The van der Waals surface area contributed by atoms with E-state index in [1.807, 2.05) is 57.2 Å². The lowest BCUT2D eigenvalue weighted by Gasteiger charge is -2.23. The minimum absolute atomic E-state index is 0.151. The molecular formula is C21H35N5O3. The van der Waals surface area contributed by atoms with Gasteiger partial charge in [0.2, 0.25) is 6.41 Å². The first-order valence-electron chi connectivity index (χ1n) is 9.69. The van der Waals surface area contributed by atoms with Crippen LogP contribution in [0.1, 0.15) is 38.9 Å². The highest BCUT2D eigenvalue weighted by Crippen LogP contribution is 2.17. The van der Waals surface area contributed by atoms with Gasteiger partial charge in [-0.05, 0) is 26.2 Å². The Labute approximate surface area is 173 Å². The lowest BCUT2D eigenvalue weighted by Crippen LogP contribution is -2.33. The monoisotopic (exact) mass is 405 g/mol. The number of aliphatic hydroxyl groups excluding tert-OH is 1. The molecule has 6 N–H and O–H groups in total. The first kappa shape index (κ1) is 26.2. The molecule has 2 aromatic rings. The summed E-state index contributed by atoms with van der Waals surface area (Å²) in [5.74, 6) is 5.98. The van der Waals surface area contributed by atoms with Gasteiger partial charge in [-0.25, -0.2) is 5.84 Å². The number of aromatic nitrogens is 1. The highest BCUT2D eigenvalue weighted by atomic mass is 16.5. The van der Waals surface area contributed by atoms with Gasteiger partial charge in [0.25, 0.3) is 0 Å². The number of benzene rings is 1. The summed E-state index contributed by atoms with van der Waals surface area (Å²) < 4.78 is 4.97. The van der Waals surface area contributed by atoms with Gasteiger partial charge in [0.1, 0.15) is 11.5 Å². The molecule has 1 saturated carbocycles. The standard InChI is InChI=1S/C10H9NO.C5H9NO.C4H11N3O.C2H6/c1-8-7-10(11-12-8)9-5-3-2-4-6-9;7-4-6-5-2-1-3-5;1-7(6)2-4(5)3-8;1-2/h2-7H,1H3;4-5H,1-3H2,(H,6,7);2,8H,3,5-6H2,1H3;1-2H3/b;;4-2-;. The maximum Gasteiger partial charge on any atom is 0.207 e. The summed E-state index contributed by atoms with van der Waals surface area (Å²) >= 11 is 0. The third kappa shape index (κ3) is 12.3. The Morgan fingerprint density at radius 2 is 1.97 bits per heavy atom. The molecule has 1 heterocycles. The largest absolute Gasteiger partial charge is 0.399 e. The van der Waals surface area contributed by atoms with Crippen molar-refractivity contribution in [2.45, 2.75) is 46.1 Å². The van der Waals surface area contributed by atoms with Gasteiger partial charge in [-0.1, -0.05) is 49.3 Å². The number of hydrogen-bond acceptors (Lipinski definition) is 7. The van der Waals surface area contributed by atoms with Crippen LogP contribution in [0, 0.1) is 6.92 Å². The van der Waals surface area contributed by atoms with E-state index in [-0.39, 0.29) is 6.61 Å². The predicted molar refractivity (Wildman–Crippen MR) is 116 cm³/mol. The van der Waals surface area contributed by atoms with E-state index in [4.69, 9.17) is 21.2 Å². The first-order valence-corrected chi connectivity index (χ1v) is 9.69. The number of nitrogens with two attached hydrogens (primary N) is 2. The number of nitrogens with zero attached hydrogens (tertiary/aromatic N) is 2. The van der Waals surface area contributed by atoms with E-state index in [1.165, 1.54) is 30.5 Å². The van der Waals surface area contributed by atoms with Gasteiger partial charge in [0.15, 0.2) is 0 Å². The van der Waals surface area contributed by atoms with Gasteiger partial charge in [-0.3, -0.25) is 4.79 Å². The van der Waals surface area contributed by atoms with E-state index in [2.05, 4.69) is 10.5 Å². The normalized spacial score (nSPS) is 12.6. The molecule has 0 atom stereocenters. The van der Waals surface area contributed by atoms with Gasteiger partial charge in [-0.2, -0.15) is 0 Å². The first-order chi connectivity index (χ1) is 14.0. The summed E-state index contributed by atoms with van der Waals surface area (Å²) in [6, 6.07) is 12.4. The van der Waals surface area contributed by atoms with Crippen molar-refractivity contribution < 1.29 is 14.4 Å². The van der Waals surface area contributed by atoms with Crippen LogP contribution in [0.3, 0.4) is 0 Å². The van der Waals surface area contributed by atoms with Gasteiger partial charge in [-0.15, -0.1) is 0 Å². The van der Waals surface area contributed by atoms with Crippen LogP contribution in [0.5, 0.6) is 0 Å². The second-order valence-corrected chi connectivity index (χ2v) is 6.13. The Morgan fingerprint density at radius 1 is 1.34 bits per heavy atom. The molecule has 0 unspecified atom stereocenters. The number of carbonyl (C=O) groups excluding carboxylic acids is 1. The molecule has 1 fully saturated rings. The molecule has 162 valence electrons. The second-order valence-electron chi connectivity index (χ2n) is 6.13. The Morgan fingerprint density at radius 3 is 2.28 bits per heavy atom. The van der Waals surface area contributed by atoms with Crippen molar-refractivity contribution in [2.24, 2.45) is 11.6 Å². The average molecular weight is 406 g/mol. The number of nitrogens with one attached hydrogen (secondary N) is 1. The molecular weight excluding hydrogens is 370 g/mol. The highest BCUT2D eigenvalue weighted by molar-refractivity contribution is 5.58. The average Bonchev–Trinajstić information content (AvgIpc) is 3.14. The highest BCUT2D eigenvalue weighted by Gasteiger charge is 2.14. The fraction of sp³-hybridized carbons (Fsp3) is 0.429. The molecule has 3 rings (SSSR count). The topological polar surface area (TPSA) is 131 Å². The zero-order chi connectivity index (χ0) is 22.1. The third-order valence-electron chi connectivity index (χ3n) is 3.66. The van der Waals surface area contributed by atoms with Gasteiger partial charge < -0.3 is 25.7 Å². The van der Waals surface area contributed by atoms with E-state index in [9.17, 15) is 4.79 Å². The number of amides is 1. The van der Waals surface area contributed by atoms with Crippen LogP contribution in [0.15, 0.2) is 52.8 Å². The number of hydrogen-bond donors (Lipinski definition) is 4. The zero-order valence-corrected chi connectivity index (χ0v) is 17.8. The lowest BCUT2D eigenvalue weighted by atomic mass is 9.94. The molecule has 0 spiro atoms. The molecule has 1 aromatic heterocycles. The van der Waals surface area contributed by atoms with Crippen LogP contribution in [0.4, 0.5) is 0 Å². The van der Waals surface area contributed by atoms with Crippen molar-refractivity contribution in [3.05, 3.63) is 54.1 Å². The fourth-order valence-electron chi connectivity index (χ4n) is 2.08. The molecule has 0 saturated heterocycles. The molecule has 1 amide bonds. The van der Waals surface area contributed by atoms with E-state index in [0.717, 1.165) is 23.4 Å². The third-order valence-corrected chi connectivity index (χ3v) is 3.66. The summed E-state index contributed by atoms with van der Waals surface area (Å²) in [6.07, 6.45) is 5.87. The minimum Gasteiger partial charge on any atom is -0.399 e. The molecule has 1 aliphatic carbocycles. The van der Waals surface area contributed by atoms with Crippen LogP contribution in [-0.2, 0) is 4.79 Å². The Balaban J connectivity index is 0.000000407. The molecule has 29 heavy (non-hydrogen) atoms. The van der Waals surface area contributed by atoms with Crippen molar-refractivity contribution in [2.75, 3.05) is 13.7 Å². The molecule has 0 aliphatic heterocycles. The number of carbonyl (C=O) groups is 1. The number of rotatable bonds is 5. The van der Waals surface area contributed by atoms with Gasteiger partial charge in [0.05, 0.1) is 12.3 Å². The van der Waals surface area contributed by atoms with Crippen LogP contribution < -0.4 is 16.9 Å². The molecule has 0 bridgehead atoms. The van der Waals surface area contributed by atoms with Crippen LogP contribution in [-0.4, -0.2) is 41.4 Å². The number of aryl methyl sites for hydroxylation is 1. The van der Waals surface area contributed by atoms with E-state index >= 15 is 0 Å². The van der Waals surface area contributed by atoms with Gasteiger partial charge in [0, 0.05) is 30.9 Å². The SMILES string of the molecule is CC.CN(N)/C=C(\N)CO.Cc1cc(-c2ccccc2)no1.O=CNC1CCC1. The summed E-state index contributed by atoms with van der Waals surface area (Å²) in [5, 5.41) is 16.2. The van der Waals surface area contributed by atoms with Crippen molar-refractivity contribution in [3.8, 4) is 11.3 Å². The van der Waals surface area contributed by atoms with Crippen molar-refractivity contribution in [1.29, 1.82) is 0 Å². The summed E-state index contributed by atoms with van der Waals surface area (Å²) in [7, 11) is 1.63. The molecule has 8 heteroatoms. The van der Waals surface area contributed by atoms with E-state index < -0.39 is 0 Å². The summed E-state index contributed by atoms with van der Waals surface area (Å²) in [5.41, 5.74) is 7.51. The van der Waals surface area contributed by atoms with Crippen molar-refractivity contribution in [1.82, 2.24) is 15.5 Å². The molecule has 0 radical (unpaired) electrons.